The van der Waals surface area contributed by atoms with Crippen LogP contribution in [0.2, 0.25) is 0 Å². The van der Waals surface area contributed by atoms with Crippen LogP contribution >= 0.6 is 0 Å². The van der Waals surface area contributed by atoms with E-state index in [9.17, 15) is 44.4 Å². The van der Waals surface area contributed by atoms with Gasteiger partial charge >= 0.3 is 23.9 Å². The molecule has 5 N–H and O–H groups in total. The number of carbonyl (C=O) groups is 5. The number of para-hydroxylation sites is 1. The lowest BCUT2D eigenvalue weighted by atomic mass is 10.1. The van der Waals surface area contributed by atoms with E-state index in [1.165, 1.54) is 31.4 Å². The Balaban J connectivity index is 2.58. The van der Waals surface area contributed by atoms with E-state index < -0.39 is 56.0 Å². The zero-order valence-electron chi connectivity index (χ0n) is 18.5. The molecule has 1 amide bonds. The number of rotatable bonds is 13. The molecule has 2 rings (SSSR count). The van der Waals surface area contributed by atoms with E-state index in [0.29, 0.717) is 0 Å². The molecule has 0 bridgehead atoms. The third-order valence-electron chi connectivity index (χ3n) is 4.57. The van der Waals surface area contributed by atoms with E-state index >= 15 is 0 Å². The zero-order valence-corrected chi connectivity index (χ0v) is 18.5. The summed E-state index contributed by atoms with van der Waals surface area (Å²) < 4.78 is 5.16. The zero-order chi connectivity index (χ0) is 26.1. The molecule has 0 saturated heterocycles. The van der Waals surface area contributed by atoms with Crippen molar-refractivity contribution < 1.29 is 49.1 Å². The van der Waals surface area contributed by atoms with Crippen molar-refractivity contribution in [2.75, 3.05) is 48.4 Å². The van der Waals surface area contributed by atoms with Crippen LogP contribution in [0.4, 0.5) is 17.1 Å². The van der Waals surface area contributed by atoms with Gasteiger partial charge in [0.1, 0.15) is 31.9 Å². The summed E-state index contributed by atoms with van der Waals surface area (Å²) in [5, 5.41) is 39.6. The fourth-order valence-corrected chi connectivity index (χ4v) is 3.26. The first kappa shape index (κ1) is 26.4. The molecule has 13 nitrogen and oxygen atoms in total. The molecule has 0 unspecified atom stereocenters. The van der Waals surface area contributed by atoms with Crippen molar-refractivity contribution in [1.29, 1.82) is 0 Å². The number of carbonyl (C=O) groups excluding carboxylic acids is 1. The number of anilines is 3. The number of aliphatic carboxylic acids is 4. The third kappa shape index (κ3) is 7.63. The van der Waals surface area contributed by atoms with Gasteiger partial charge in [-0.2, -0.15) is 0 Å². The SMILES string of the molecule is COc1ccccc1C(=O)Nc1ccc(N(CC(=O)O)CC(=O)O)c(N(CC(=O)O)CC(=O)O)c1. The van der Waals surface area contributed by atoms with E-state index in [0.717, 1.165) is 9.80 Å². The third-order valence-corrected chi connectivity index (χ3v) is 4.57. The molecule has 0 aliphatic rings. The lowest BCUT2D eigenvalue weighted by molar-refractivity contribution is -0.138. The van der Waals surface area contributed by atoms with Crippen molar-refractivity contribution in [1.82, 2.24) is 0 Å². The first-order chi connectivity index (χ1) is 16.5. The van der Waals surface area contributed by atoms with Gasteiger partial charge in [0.15, 0.2) is 0 Å². The van der Waals surface area contributed by atoms with Gasteiger partial charge in [0.2, 0.25) is 0 Å². The molecule has 0 spiro atoms. The standard InChI is InChI=1S/C22H23N3O10/c1-35-17-5-3-2-4-14(17)22(34)23-13-6-7-15(24(9-18(26)27)10-19(28)29)16(8-13)25(11-20(30)31)12-21(32)33/h2-8H,9-12H2,1H3,(H,23,34)(H,26,27)(H,28,29)(H,30,31)(H,32,33). The van der Waals surface area contributed by atoms with E-state index in [1.807, 2.05) is 0 Å². The molecule has 35 heavy (non-hydrogen) atoms. The largest absolute Gasteiger partial charge is 0.496 e. The van der Waals surface area contributed by atoms with Crippen molar-refractivity contribution in [2.45, 2.75) is 0 Å². The van der Waals surface area contributed by atoms with Crippen molar-refractivity contribution in [3.8, 4) is 5.75 Å². The summed E-state index contributed by atoms with van der Waals surface area (Å²) in [5.41, 5.74) is 0.153. The summed E-state index contributed by atoms with van der Waals surface area (Å²) in [5.74, 6) is -5.80. The van der Waals surface area contributed by atoms with Crippen LogP contribution in [0.25, 0.3) is 0 Å². The number of hydrogen-bond acceptors (Lipinski definition) is 8. The minimum Gasteiger partial charge on any atom is -0.496 e. The number of carboxylic acids is 4. The van der Waals surface area contributed by atoms with Gasteiger partial charge in [-0.05, 0) is 30.3 Å². The molecule has 0 atom stereocenters. The van der Waals surface area contributed by atoms with Gasteiger partial charge in [0.05, 0.1) is 24.0 Å². The van der Waals surface area contributed by atoms with E-state index in [4.69, 9.17) is 4.74 Å². The predicted octanol–water partition coefficient (Wildman–Crippen LogP) is 0.899. The molecule has 13 heteroatoms. The minimum atomic E-state index is -1.39. The Hall–Kier alpha value is -4.81. The van der Waals surface area contributed by atoms with Gasteiger partial charge in [-0.1, -0.05) is 12.1 Å². The lowest BCUT2D eigenvalue weighted by Gasteiger charge is -2.30. The smallest absolute Gasteiger partial charge is 0.323 e. The van der Waals surface area contributed by atoms with Crippen molar-refractivity contribution >= 4 is 46.8 Å². The van der Waals surface area contributed by atoms with Crippen molar-refractivity contribution in [3.63, 3.8) is 0 Å². The molecule has 0 radical (unpaired) electrons. The molecule has 0 heterocycles. The minimum absolute atomic E-state index is 0.0485. The summed E-state index contributed by atoms with van der Waals surface area (Å²) in [6.07, 6.45) is 0. The van der Waals surface area contributed by atoms with E-state index in [-0.39, 0.29) is 28.4 Å². The van der Waals surface area contributed by atoms with Crippen LogP contribution < -0.4 is 19.9 Å². The van der Waals surface area contributed by atoms with Crippen LogP contribution in [-0.4, -0.2) is 83.5 Å². The second kappa shape index (κ2) is 11.9. The lowest BCUT2D eigenvalue weighted by Crippen LogP contribution is -2.39. The molecule has 0 aromatic heterocycles. The van der Waals surface area contributed by atoms with Crippen LogP contribution in [-0.2, 0) is 19.2 Å². The second-order valence-electron chi connectivity index (χ2n) is 7.14. The fraction of sp³-hybridized carbons (Fsp3) is 0.227. The van der Waals surface area contributed by atoms with Gasteiger partial charge < -0.3 is 40.3 Å². The number of benzene rings is 2. The maximum Gasteiger partial charge on any atom is 0.323 e. The number of nitrogens with one attached hydrogen (secondary N) is 1. The highest BCUT2D eigenvalue weighted by Crippen LogP contribution is 2.33. The first-order valence-corrected chi connectivity index (χ1v) is 9.97. The average molecular weight is 489 g/mol. The van der Waals surface area contributed by atoms with Gasteiger partial charge in [-0.15, -0.1) is 0 Å². The van der Waals surface area contributed by atoms with Crippen LogP contribution in [0.1, 0.15) is 10.4 Å². The number of nitrogens with zero attached hydrogens (tertiary/aromatic N) is 2. The van der Waals surface area contributed by atoms with E-state index in [1.54, 1.807) is 18.2 Å². The highest BCUT2D eigenvalue weighted by Gasteiger charge is 2.24. The fourth-order valence-electron chi connectivity index (χ4n) is 3.26. The maximum absolute atomic E-state index is 12.8. The highest BCUT2D eigenvalue weighted by atomic mass is 16.5. The van der Waals surface area contributed by atoms with Crippen molar-refractivity contribution in [2.24, 2.45) is 0 Å². The Morgan fingerprint density at radius 1 is 0.743 bits per heavy atom. The van der Waals surface area contributed by atoms with Crippen molar-refractivity contribution in [3.05, 3.63) is 48.0 Å². The highest BCUT2D eigenvalue weighted by molar-refractivity contribution is 6.06. The maximum atomic E-state index is 12.8. The number of methoxy groups -OCH3 is 1. The Labute approximate surface area is 198 Å². The van der Waals surface area contributed by atoms with Gasteiger partial charge in [0, 0.05) is 5.69 Å². The monoisotopic (exact) mass is 489 g/mol. The normalized spacial score (nSPS) is 10.2. The number of carboxylic acid groups (broad SMARTS) is 4. The average Bonchev–Trinajstić information content (AvgIpc) is 2.76. The first-order valence-electron chi connectivity index (χ1n) is 9.97. The Kier molecular flexibility index (Phi) is 8.97. The van der Waals surface area contributed by atoms with Crippen LogP contribution in [0.5, 0.6) is 5.75 Å². The molecule has 0 fully saturated rings. The quantitative estimate of drug-likeness (QED) is 0.267. The molecule has 186 valence electrons. The Bertz CT molecular complexity index is 1100. The number of hydrogen-bond donors (Lipinski definition) is 5. The second-order valence-corrected chi connectivity index (χ2v) is 7.14. The topological polar surface area (TPSA) is 194 Å². The molecule has 0 aliphatic carbocycles. The summed E-state index contributed by atoms with van der Waals surface area (Å²) >= 11 is 0. The van der Waals surface area contributed by atoms with Gasteiger partial charge in [-0.3, -0.25) is 24.0 Å². The van der Waals surface area contributed by atoms with Crippen LogP contribution in [0.3, 0.4) is 0 Å². The Morgan fingerprint density at radius 3 is 1.71 bits per heavy atom. The summed E-state index contributed by atoms with van der Waals surface area (Å²) in [4.78, 5) is 60.1. The molecule has 2 aromatic rings. The summed E-state index contributed by atoms with van der Waals surface area (Å²) in [6.45, 7) is -3.12. The predicted molar refractivity (Wildman–Crippen MR) is 122 cm³/mol. The Morgan fingerprint density at radius 2 is 1.23 bits per heavy atom. The van der Waals surface area contributed by atoms with E-state index in [2.05, 4.69) is 5.32 Å². The van der Waals surface area contributed by atoms with Gasteiger partial charge in [0.25, 0.3) is 5.91 Å². The molecule has 0 saturated carbocycles. The van der Waals surface area contributed by atoms with Crippen LogP contribution in [0.15, 0.2) is 42.5 Å². The van der Waals surface area contributed by atoms with Crippen LogP contribution in [0, 0.1) is 0 Å². The summed E-state index contributed by atoms with van der Waals surface area (Å²) in [6, 6.07) is 10.2. The number of amides is 1. The van der Waals surface area contributed by atoms with Gasteiger partial charge in [-0.25, -0.2) is 0 Å². The molecule has 0 aliphatic heterocycles. The summed E-state index contributed by atoms with van der Waals surface area (Å²) in [7, 11) is 1.38. The molecule has 2 aromatic carbocycles. The number of ether oxygens (including phenoxy) is 1. The molecular weight excluding hydrogens is 466 g/mol. The molecular formula is C22H23N3O10.